The van der Waals surface area contributed by atoms with Crippen LogP contribution in [0.2, 0.25) is 0 Å². The number of ether oxygens (including phenoxy) is 1. The van der Waals surface area contributed by atoms with E-state index in [1.54, 1.807) is 11.7 Å². The molecular weight excluding hydrogens is 412 g/mol. The summed E-state index contributed by atoms with van der Waals surface area (Å²) in [5, 5.41) is 9.28. The first-order chi connectivity index (χ1) is 14.3. The Kier molecular flexibility index (Phi) is 5.17. The molecule has 4 rings (SSSR count). The number of anilines is 1. The molecule has 0 aliphatic rings. The number of benzene rings is 1. The molecule has 30 heavy (non-hydrogen) atoms. The van der Waals surface area contributed by atoms with Gasteiger partial charge in [0.2, 0.25) is 5.88 Å². The van der Waals surface area contributed by atoms with Gasteiger partial charge in [-0.05, 0) is 37.6 Å². The Labute approximate surface area is 174 Å². The number of nitrogens with one attached hydrogen (secondary N) is 1. The van der Waals surface area contributed by atoms with Crippen LogP contribution in [0.4, 0.5) is 13.9 Å². The van der Waals surface area contributed by atoms with Gasteiger partial charge in [-0.25, -0.2) is 23.4 Å². The van der Waals surface area contributed by atoms with Crippen molar-refractivity contribution < 1.29 is 18.3 Å². The molecule has 0 fully saturated rings. The van der Waals surface area contributed by atoms with Crippen molar-refractivity contribution in [1.29, 1.82) is 0 Å². The van der Waals surface area contributed by atoms with Gasteiger partial charge in [0.25, 0.3) is 5.91 Å². The van der Waals surface area contributed by atoms with Gasteiger partial charge < -0.3 is 4.74 Å². The first-order valence-electron chi connectivity index (χ1n) is 8.97. The van der Waals surface area contributed by atoms with Crippen LogP contribution >= 0.6 is 11.3 Å². The molecule has 3 aromatic heterocycles. The molecule has 10 heteroatoms. The van der Waals surface area contributed by atoms with E-state index in [9.17, 15) is 13.6 Å². The van der Waals surface area contributed by atoms with E-state index in [0.717, 1.165) is 40.1 Å². The Morgan fingerprint density at radius 2 is 1.97 bits per heavy atom. The highest BCUT2D eigenvalue weighted by Crippen LogP contribution is 2.30. The smallest absolute Gasteiger partial charge is 0.264 e. The number of nitrogens with zero attached hydrogens (tertiary/aromatic N) is 4. The number of pyridine rings is 1. The number of aryl methyl sites for hydroxylation is 3. The summed E-state index contributed by atoms with van der Waals surface area (Å²) < 4.78 is 35.0. The summed E-state index contributed by atoms with van der Waals surface area (Å²) in [7, 11) is 1.75. The fraction of sp³-hybridized carbons (Fsp3) is 0.200. The molecule has 4 aromatic rings. The van der Waals surface area contributed by atoms with Crippen molar-refractivity contribution in [2.75, 3.05) is 11.9 Å². The van der Waals surface area contributed by atoms with E-state index >= 15 is 0 Å². The van der Waals surface area contributed by atoms with Gasteiger partial charge in [0.05, 0.1) is 16.6 Å². The summed E-state index contributed by atoms with van der Waals surface area (Å²) in [5.74, 6) is -1.60. The normalized spacial score (nSPS) is 11.1. The second-order valence-corrected chi connectivity index (χ2v) is 7.54. The highest BCUT2D eigenvalue weighted by Gasteiger charge is 2.18. The van der Waals surface area contributed by atoms with Gasteiger partial charge in [-0.2, -0.15) is 0 Å². The lowest BCUT2D eigenvalue weighted by Gasteiger charge is -2.05. The fourth-order valence-corrected chi connectivity index (χ4v) is 3.85. The zero-order chi connectivity index (χ0) is 21.4. The first-order valence-corrected chi connectivity index (χ1v) is 9.85. The average molecular weight is 429 g/mol. The van der Waals surface area contributed by atoms with Crippen molar-refractivity contribution in [2.24, 2.45) is 7.05 Å². The van der Waals surface area contributed by atoms with Crippen LogP contribution in [-0.2, 0) is 11.8 Å². The van der Waals surface area contributed by atoms with Gasteiger partial charge in [-0.3, -0.25) is 10.1 Å². The number of hydrogen-bond acceptors (Lipinski definition) is 6. The van der Waals surface area contributed by atoms with Gasteiger partial charge in [-0.15, -0.1) is 16.4 Å². The topological polar surface area (TPSA) is 81.9 Å². The minimum Gasteiger partial charge on any atom is -0.466 e. The molecule has 0 bridgehead atoms. The Morgan fingerprint density at radius 3 is 2.70 bits per heavy atom. The van der Waals surface area contributed by atoms with Gasteiger partial charge in [0.1, 0.15) is 11.6 Å². The van der Waals surface area contributed by atoms with E-state index in [-0.39, 0.29) is 23.0 Å². The summed E-state index contributed by atoms with van der Waals surface area (Å²) in [5.41, 5.74) is 2.35. The van der Waals surface area contributed by atoms with E-state index < -0.39 is 17.5 Å². The summed E-state index contributed by atoms with van der Waals surface area (Å²) in [6, 6.07) is 5.50. The third-order valence-electron chi connectivity index (χ3n) is 4.40. The maximum atomic E-state index is 13.9. The van der Waals surface area contributed by atoms with Crippen molar-refractivity contribution in [3.8, 4) is 17.1 Å². The van der Waals surface area contributed by atoms with Gasteiger partial charge in [-0.1, -0.05) is 6.07 Å². The molecule has 0 saturated heterocycles. The molecule has 1 amide bonds. The van der Waals surface area contributed by atoms with Crippen LogP contribution in [0.15, 0.2) is 29.6 Å². The SMILES string of the molecule is Cc1cc(C)c2c(OCC(=O)Nc3nc(-c4c(F)cccc4F)cs3)nn(C)c2n1. The number of rotatable bonds is 5. The van der Waals surface area contributed by atoms with Crippen LogP contribution < -0.4 is 10.1 Å². The lowest BCUT2D eigenvalue weighted by Crippen LogP contribution is -2.20. The molecule has 0 aliphatic heterocycles. The zero-order valence-electron chi connectivity index (χ0n) is 16.4. The molecule has 0 radical (unpaired) electrons. The third kappa shape index (κ3) is 3.73. The molecule has 0 atom stereocenters. The first kappa shape index (κ1) is 19.9. The predicted molar refractivity (Wildman–Crippen MR) is 110 cm³/mol. The second-order valence-electron chi connectivity index (χ2n) is 6.68. The molecule has 3 heterocycles. The van der Waals surface area contributed by atoms with Crippen LogP contribution in [0.25, 0.3) is 22.3 Å². The number of aromatic nitrogens is 4. The van der Waals surface area contributed by atoms with Crippen LogP contribution in [-0.4, -0.2) is 32.3 Å². The molecule has 0 spiro atoms. The summed E-state index contributed by atoms with van der Waals surface area (Å²) >= 11 is 1.06. The van der Waals surface area contributed by atoms with E-state index in [2.05, 4.69) is 20.4 Å². The van der Waals surface area contributed by atoms with Crippen molar-refractivity contribution in [1.82, 2.24) is 19.7 Å². The third-order valence-corrected chi connectivity index (χ3v) is 5.15. The number of thiazole rings is 1. The van der Waals surface area contributed by atoms with E-state index in [0.29, 0.717) is 11.5 Å². The van der Waals surface area contributed by atoms with Crippen LogP contribution in [0.1, 0.15) is 11.3 Å². The number of halogens is 2. The molecule has 154 valence electrons. The van der Waals surface area contributed by atoms with Gasteiger partial charge in [0.15, 0.2) is 17.4 Å². The molecule has 1 N–H and O–H groups in total. The maximum Gasteiger partial charge on any atom is 0.264 e. The van der Waals surface area contributed by atoms with Crippen molar-refractivity contribution in [3.05, 3.63) is 52.5 Å². The lowest BCUT2D eigenvalue weighted by molar-refractivity contribution is -0.118. The molecule has 7 nitrogen and oxygen atoms in total. The van der Waals surface area contributed by atoms with E-state index in [1.165, 1.54) is 11.4 Å². The van der Waals surface area contributed by atoms with E-state index in [4.69, 9.17) is 4.74 Å². The Bertz CT molecular complexity index is 1250. The molecule has 0 aliphatic carbocycles. The summed E-state index contributed by atoms with van der Waals surface area (Å²) in [6.07, 6.45) is 0. The highest BCUT2D eigenvalue weighted by molar-refractivity contribution is 7.14. The Balaban J connectivity index is 1.47. The fourth-order valence-electron chi connectivity index (χ4n) is 3.13. The number of carbonyl (C=O) groups is 1. The van der Waals surface area contributed by atoms with Crippen LogP contribution in [0, 0.1) is 25.5 Å². The minimum absolute atomic E-state index is 0.111. The summed E-state index contributed by atoms with van der Waals surface area (Å²) in [4.78, 5) is 20.8. The number of carbonyl (C=O) groups excluding carboxylic acids is 1. The van der Waals surface area contributed by atoms with Gasteiger partial charge in [0, 0.05) is 18.1 Å². The van der Waals surface area contributed by atoms with Crippen LogP contribution in [0.3, 0.4) is 0 Å². The number of amides is 1. The molecule has 0 saturated carbocycles. The standard InChI is InChI=1S/C20H17F2N5O2S/c1-10-7-11(2)23-18-16(10)19(26-27(18)3)29-8-15(28)25-20-24-14(9-30-20)17-12(21)5-4-6-13(17)22/h4-7,9H,8H2,1-3H3,(H,24,25,28). The average Bonchev–Trinajstić information content (AvgIpc) is 3.25. The molecule has 1 aromatic carbocycles. The second kappa shape index (κ2) is 7.79. The highest BCUT2D eigenvalue weighted by atomic mass is 32.1. The number of fused-ring (bicyclic) bond motifs is 1. The largest absolute Gasteiger partial charge is 0.466 e. The Hall–Kier alpha value is -3.40. The minimum atomic E-state index is -0.720. The van der Waals surface area contributed by atoms with Gasteiger partial charge >= 0.3 is 0 Å². The van der Waals surface area contributed by atoms with E-state index in [1.807, 2.05) is 19.9 Å². The Morgan fingerprint density at radius 1 is 1.23 bits per heavy atom. The van der Waals surface area contributed by atoms with Crippen molar-refractivity contribution in [3.63, 3.8) is 0 Å². The predicted octanol–water partition coefficient (Wildman–Crippen LogP) is 4.00. The monoisotopic (exact) mass is 429 g/mol. The quantitative estimate of drug-likeness (QED) is 0.519. The lowest BCUT2D eigenvalue weighted by atomic mass is 10.1. The van der Waals surface area contributed by atoms with Crippen LogP contribution in [0.5, 0.6) is 5.88 Å². The van der Waals surface area contributed by atoms with Crippen molar-refractivity contribution >= 4 is 33.4 Å². The summed E-state index contributed by atoms with van der Waals surface area (Å²) in [6.45, 7) is 3.51. The molecule has 0 unspecified atom stereocenters. The zero-order valence-corrected chi connectivity index (χ0v) is 17.2. The van der Waals surface area contributed by atoms with Crippen molar-refractivity contribution in [2.45, 2.75) is 13.8 Å². The maximum absolute atomic E-state index is 13.9. The molecular formula is C20H17F2N5O2S. The number of hydrogen-bond donors (Lipinski definition) is 1.